The molecule has 0 unspecified atom stereocenters. The van der Waals surface area contributed by atoms with Crippen LogP contribution in [0.4, 0.5) is 4.39 Å². The SMILES string of the molecule is O=c1c2c3c(sc2nc(SCc2ccc(Cl)cc2Cl)n1-c1ccccc1F)CCCC3. The van der Waals surface area contributed by atoms with Gasteiger partial charge in [-0.15, -0.1) is 11.3 Å². The first-order chi connectivity index (χ1) is 15.0. The number of para-hydroxylation sites is 1. The number of hydrogen-bond donors (Lipinski definition) is 0. The molecule has 8 heteroatoms. The Morgan fingerprint density at radius 3 is 2.74 bits per heavy atom. The van der Waals surface area contributed by atoms with E-state index in [0.717, 1.165) is 41.6 Å². The molecule has 4 aromatic rings. The van der Waals surface area contributed by atoms with Crippen molar-refractivity contribution in [2.24, 2.45) is 0 Å². The lowest BCUT2D eigenvalue weighted by Crippen LogP contribution is -2.23. The van der Waals surface area contributed by atoms with E-state index in [1.54, 1.807) is 41.7 Å². The van der Waals surface area contributed by atoms with Gasteiger partial charge >= 0.3 is 0 Å². The quantitative estimate of drug-likeness (QED) is 0.226. The second-order valence-corrected chi connectivity index (χ2v) is 10.3. The van der Waals surface area contributed by atoms with Crippen molar-refractivity contribution in [2.45, 2.75) is 36.6 Å². The lowest BCUT2D eigenvalue weighted by Gasteiger charge is -2.14. The minimum Gasteiger partial charge on any atom is -0.268 e. The molecule has 0 N–H and O–H groups in total. The van der Waals surface area contributed by atoms with Crippen LogP contribution in [0.3, 0.4) is 0 Å². The van der Waals surface area contributed by atoms with Crippen molar-refractivity contribution in [1.82, 2.24) is 9.55 Å². The highest BCUT2D eigenvalue weighted by Gasteiger charge is 2.24. The van der Waals surface area contributed by atoms with E-state index in [4.69, 9.17) is 28.2 Å². The fraction of sp³-hybridized carbons (Fsp3) is 0.217. The second kappa shape index (κ2) is 8.58. The third-order valence-corrected chi connectivity index (χ3v) is 8.18. The van der Waals surface area contributed by atoms with Crippen molar-refractivity contribution >= 4 is 56.5 Å². The van der Waals surface area contributed by atoms with Gasteiger partial charge in [0, 0.05) is 20.7 Å². The Labute approximate surface area is 196 Å². The van der Waals surface area contributed by atoms with Gasteiger partial charge in [0.2, 0.25) is 0 Å². The number of thiophene rings is 1. The summed E-state index contributed by atoms with van der Waals surface area (Å²) in [4.78, 5) is 20.5. The van der Waals surface area contributed by atoms with Crippen molar-refractivity contribution in [2.75, 3.05) is 0 Å². The Bertz CT molecular complexity index is 1370. The van der Waals surface area contributed by atoms with E-state index < -0.39 is 5.82 Å². The van der Waals surface area contributed by atoms with Gasteiger partial charge in [0.05, 0.1) is 11.1 Å². The molecule has 0 amide bonds. The van der Waals surface area contributed by atoms with Gasteiger partial charge < -0.3 is 0 Å². The molecule has 1 aliphatic rings. The standard InChI is InChI=1S/C23H17Cl2FN2OS2/c24-14-10-9-13(16(25)11-14)12-30-23-27-21-20(15-5-1-4-8-19(15)31-21)22(29)28(23)18-7-3-2-6-17(18)26/h2-3,6-7,9-11H,1,4-5,8,12H2. The number of fused-ring (bicyclic) bond motifs is 3. The van der Waals surface area contributed by atoms with Gasteiger partial charge in [-0.25, -0.2) is 9.37 Å². The van der Waals surface area contributed by atoms with E-state index in [9.17, 15) is 9.18 Å². The van der Waals surface area contributed by atoms with E-state index in [-0.39, 0.29) is 11.2 Å². The molecular formula is C23H17Cl2FN2OS2. The second-order valence-electron chi connectivity index (χ2n) is 7.40. The molecule has 0 radical (unpaired) electrons. The van der Waals surface area contributed by atoms with Gasteiger partial charge in [-0.3, -0.25) is 9.36 Å². The van der Waals surface area contributed by atoms with Crippen LogP contribution in [-0.2, 0) is 18.6 Å². The summed E-state index contributed by atoms with van der Waals surface area (Å²) >= 11 is 15.3. The molecular weight excluding hydrogens is 474 g/mol. The summed E-state index contributed by atoms with van der Waals surface area (Å²) in [5.74, 6) is 0.0225. The summed E-state index contributed by atoms with van der Waals surface area (Å²) in [7, 11) is 0. The first kappa shape index (κ1) is 21.0. The van der Waals surface area contributed by atoms with Crippen molar-refractivity contribution in [3.8, 4) is 5.69 Å². The zero-order valence-corrected chi connectivity index (χ0v) is 19.5. The van der Waals surface area contributed by atoms with Crippen LogP contribution in [0.15, 0.2) is 52.4 Å². The van der Waals surface area contributed by atoms with Gasteiger partial charge in [0.15, 0.2) is 5.16 Å². The first-order valence-electron chi connectivity index (χ1n) is 9.92. The molecule has 0 saturated carbocycles. The zero-order valence-electron chi connectivity index (χ0n) is 16.3. The maximum Gasteiger partial charge on any atom is 0.267 e. The molecule has 0 aliphatic heterocycles. The Hall–Kier alpha value is -1.86. The van der Waals surface area contributed by atoms with Crippen LogP contribution in [0.1, 0.15) is 28.8 Å². The maximum atomic E-state index is 14.7. The number of benzene rings is 2. The normalized spacial score (nSPS) is 13.5. The van der Waals surface area contributed by atoms with Crippen LogP contribution in [-0.4, -0.2) is 9.55 Å². The van der Waals surface area contributed by atoms with E-state index in [1.807, 2.05) is 6.07 Å². The highest BCUT2D eigenvalue weighted by molar-refractivity contribution is 7.98. The van der Waals surface area contributed by atoms with Crippen molar-refractivity contribution < 1.29 is 4.39 Å². The van der Waals surface area contributed by atoms with Crippen LogP contribution in [0.25, 0.3) is 15.9 Å². The molecule has 3 nitrogen and oxygen atoms in total. The minimum absolute atomic E-state index is 0.209. The van der Waals surface area contributed by atoms with Crippen molar-refractivity contribution in [3.63, 3.8) is 0 Å². The average molecular weight is 491 g/mol. The van der Waals surface area contributed by atoms with E-state index in [1.165, 1.54) is 27.3 Å². The third-order valence-electron chi connectivity index (χ3n) is 5.42. The Morgan fingerprint density at radius 1 is 1.13 bits per heavy atom. The molecule has 0 fully saturated rings. The van der Waals surface area contributed by atoms with Crippen LogP contribution in [0.5, 0.6) is 0 Å². The highest BCUT2D eigenvalue weighted by Crippen LogP contribution is 2.36. The number of rotatable bonds is 4. The molecule has 1 aliphatic carbocycles. The van der Waals surface area contributed by atoms with Crippen molar-refractivity contribution in [1.29, 1.82) is 0 Å². The first-order valence-corrected chi connectivity index (χ1v) is 12.5. The summed E-state index contributed by atoms with van der Waals surface area (Å²) in [6, 6.07) is 11.6. The summed E-state index contributed by atoms with van der Waals surface area (Å²) in [5.41, 5.74) is 1.96. The van der Waals surface area contributed by atoms with Gasteiger partial charge in [0.25, 0.3) is 5.56 Å². The molecule has 158 valence electrons. The summed E-state index contributed by atoms with van der Waals surface area (Å²) in [5, 5.41) is 2.20. The smallest absolute Gasteiger partial charge is 0.267 e. The molecule has 0 spiro atoms. The fourth-order valence-electron chi connectivity index (χ4n) is 3.91. The van der Waals surface area contributed by atoms with Gasteiger partial charge in [0.1, 0.15) is 10.6 Å². The lowest BCUT2D eigenvalue weighted by molar-refractivity contribution is 0.608. The van der Waals surface area contributed by atoms with Crippen molar-refractivity contribution in [3.05, 3.63) is 84.7 Å². The molecule has 31 heavy (non-hydrogen) atoms. The monoisotopic (exact) mass is 490 g/mol. The third kappa shape index (κ3) is 3.91. The zero-order chi connectivity index (χ0) is 21.5. The van der Waals surface area contributed by atoms with Crippen LogP contribution in [0, 0.1) is 5.82 Å². The summed E-state index contributed by atoms with van der Waals surface area (Å²) in [6.07, 6.45) is 4.02. The van der Waals surface area contributed by atoms with Gasteiger partial charge in [-0.1, -0.05) is 53.2 Å². The average Bonchev–Trinajstić information content (AvgIpc) is 3.13. The Morgan fingerprint density at radius 2 is 1.94 bits per heavy atom. The van der Waals surface area contributed by atoms with Crippen LogP contribution >= 0.6 is 46.3 Å². The maximum absolute atomic E-state index is 14.7. The molecule has 0 saturated heterocycles. The highest BCUT2D eigenvalue weighted by atomic mass is 35.5. The van der Waals surface area contributed by atoms with E-state index in [0.29, 0.717) is 26.3 Å². The number of aryl methyl sites for hydroxylation is 2. The van der Waals surface area contributed by atoms with Gasteiger partial charge in [-0.2, -0.15) is 0 Å². The van der Waals surface area contributed by atoms with Gasteiger partial charge in [-0.05, 0) is 61.1 Å². The molecule has 2 aromatic carbocycles. The molecule has 5 rings (SSSR count). The van der Waals surface area contributed by atoms with Crippen LogP contribution in [0.2, 0.25) is 10.0 Å². The van der Waals surface area contributed by atoms with E-state index in [2.05, 4.69) is 0 Å². The molecule has 2 heterocycles. The predicted octanol–water partition coefficient (Wildman–Crippen LogP) is 7.06. The number of hydrogen-bond acceptors (Lipinski definition) is 4. The largest absolute Gasteiger partial charge is 0.268 e. The minimum atomic E-state index is -0.457. The molecule has 0 atom stereocenters. The number of thioether (sulfide) groups is 1. The van der Waals surface area contributed by atoms with E-state index >= 15 is 0 Å². The van der Waals surface area contributed by atoms with Crippen LogP contribution < -0.4 is 5.56 Å². The fourth-order valence-corrected chi connectivity index (χ4v) is 6.78. The Kier molecular flexibility index (Phi) is 5.82. The number of nitrogens with zero attached hydrogens (tertiary/aromatic N) is 2. The topological polar surface area (TPSA) is 34.9 Å². The predicted molar refractivity (Wildman–Crippen MR) is 128 cm³/mol. The number of halogens is 3. The lowest BCUT2D eigenvalue weighted by atomic mass is 9.97. The summed E-state index contributed by atoms with van der Waals surface area (Å²) < 4.78 is 16.2. The molecule has 2 aromatic heterocycles. The number of aromatic nitrogens is 2. The molecule has 0 bridgehead atoms. The Balaban J connectivity index is 1.68. The summed E-state index contributed by atoms with van der Waals surface area (Å²) in [6.45, 7) is 0.